The summed E-state index contributed by atoms with van der Waals surface area (Å²) in [4.78, 5) is 46.9. The molecule has 2 N–H and O–H groups in total. The molecule has 0 saturated carbocycles. The van der Waals surface area contributed by atoms with Crippen LogP contribution in [-0.4, -0.2) is 34.9 Å². The summed E-state index contributed by atoms with van der Waals surface area (Å²) in [5.74, 6) is -4.38. The second kappa shape index (κ2) is 14.9. The third-order valence-electron chi connectivity index (χ3n) is 4.94. The smallest absolute Gasteiger partial charge is 0.545 e. The van der Waals surface area contributed by atoms with E-state index in [1.165, 1.54) is 23.9 Å². The summed E-state index contributed by atoms with van der Waals surface area (Å²) in [6.45, 7) is 0. The van der Waals surface area contributed by atoms with Crippen molar-refractivity contribution in [3.8, 4) is 0 Å². The van der Waals surface area contributed by atoms with Gasteiger partial charge in [-0.3, -0.25) is 20.4 Å². The molecule has 2 aliphatic carbocycles. The molecule has 13 heteroatoms. The average molecular weight is 558 g/mol. The van der Waals surface area contributed by atoms with Crippen molar-refractivity contribution in [1.29, 1.82) is 0 Å². The van der Waals surface area contributed by atoms with Gasteiger partial charge in [0.2, 0.25) is 0 Å². The summed E-state index contributed by atoms with van der Waals surface area (Å²) in [5.41, 5.74) is 6.61. The molecule has 4 rings (SSSR count). The van der Waals surface area contributed by atoms with Crippen molar-refractivity contribution in [3.63, 3.8) is 0 Å². The summed E-state index contributed by atoms with van der Waals surface area (Å²) in [5, 5.41) is 30.1. The summed E-state index contributed by atoms with van der Waals surface area (Å²) >= 11 is 1.52. The maximum absolute atomic E-state index is 11.5. The number of hydrogen-bond acceptors (Lipinski definition) is 11. The van der Waals surface area contributed by atoms with Gasteiger partial charge in [-0.1, -0.05) is 11.8 Å². The topological polar surface area (TPSA) is 163 Å². The van der Waals surface area contributed by atoms with Gasteiger partial charge in [0, 0.05) is 20.9 Å². The molecule has 0 fully saturated rings. The Labute approximate surface area is 271 Å². The van der Waals surface area contributed by atoms with E-state index in [2.05, 4.69) is 21.1 Å². The Bertz CT molecular complexity index is 1370. The van der Waals surface area contributed by atoms with E-state index < -0.39 is 34.7 Å². The van der Waals surface area contributed by atoms with Crippen LogP contribution in [0.25, 0.3) is 0 Å². The molecule has 0 amide bonds. The van der Waals surface area contributed by atoms with Crippen molar-refractivity contribution in [2.24, 2.45) is 10.2 Å². The zero-order valence-corrected chi connectivity index (χ0v) is 25.7. The second-order valence-corrected chi connectivity index (χ2v) is 8.68. The summed E-state index contributed by atoms with van der Waals surface area (Å²) in [6.07, 6.45) is 7.35. The van der Waals surface area contributed by atoms with Crippen molar-refractivity contribution in [3.05, 3.63) is 96.1 Å². The quantitative estimate of drug-likeness (QED) is 0.140. The van der Waals surface area contributed by atoms with E-state index in [0.29, 0.717) is 11.4 Å². The molecule has 2 aromatic carbocycles. The van der Waals surface area contributed by atoms with Crippen molar-refractivity contribution in [2.45, 2.75) is 9.79 Å². The SMILES string of the molecule is O=C([O-])C1=CC(=NNc2ccc(Sc3ccc(NN=C4C=CC(=O)C(C(=O)[O-])=C4)cc3)cc2)C=CC1=O.[Na+].[Na+]. The molecule has 0 heterocycles. The van der Waals surface area contributed by atoms with Crippen LogP contribution in [0.1, 0.15) is 0 Å². The van der Waals surface area contributed by atoms with Crippen molar-refractivity contribution < 1.29 is 88.5 Å². The van der Waals surface area contributed by atoms with Gasteiger partial charge in [0.15, 0.2) is 11.6 Å². The van der Waals surface area contributed by atoms with E-state index >= 15 is 0 Å². The van der Waals surface area contributed by atoms with Crippen LogP contribution >= 0.6 is 11.8 Å². The van der Waals surface area contributed by atoms with Gasteiger partial charge in [0.05, 0.1) is 34.7 Å². The number of nitrogens with zero attached hydrogens (tertiary/aromatic N) is 2. The van der Waals surface area contributed by atoms with Crippen LogP contribution < -0.4 is 80.2 Å². The number of aliphatic carboxylic acids is 2. The number of carbonyl (C=O) groups is 4. The monoisotopic (exact) mass is 558 g/mol. The molecule has 184 valence electrons. The second-order valence-electron chi connectivity index (χ2n) is 7.53. The third kappa shape index (κ3) is 9.01. The van der Waals surface area contributed by atoms with E-state index in [0.717, 1.165) is 34.1 Å². The van der Waals surface area contributed by atoms with Gasteiger partial charge in [-0.15, -0.1) is 0 Å². The molecule has 0 spiro atoms. The maximum Gasteiger partial charge on any atom is 1.00 e. The van der Waals surface area contributed by atoms with Gasteiger partial charge in [-0.25, -0.2) is 0 Å². The van der Waals surface area contributed by atoms with Gasteiger partial charge >= 0.3 is 59.1 Å². The number of anilines is 2. The molecular weight excluding hydrogens is 542 g/mol. The van der Waals surface area contributed by atoms with Gasteiger partial charge in [0.1, 0.15) is 0 Å². The number of hydrazone groups is 2. The van der Waals surface area contributed by atoms with Gasteiger partial charge in [-0.05, 0) is 85.0 Å². The fraction of sp³-hybridized carbons (Fsp3) is 0. The fourth-order valence-corrected chi connectivity index (χ4v) is 3.90. The normalized spacial score (nSPS) is 16.1. The van der Waals surface area contributed by atoms with Gasteiger partial charge in [-0.2, -0.15) is 10.2 Å². The Morgan fingerprint density at radius 1 is 0.615 bits per heavy atom. The molecule has 0 aliphatic heterocycles. The third-order valence-corrected chi connectivity index (χ3v) is 5.95. The number of carbonyl (C=O) groups excluding carboxylic acids is 4. The number of carboxylic acid groups (broad SMARTS) is 2. The standard InChI is InChI=1S/C26H18N4O6S.2Na/c31-23-11-5-17(13-21(23)25(33)34)29-27-15-1-7-19(8-2-15)37-20-9-3-16(4-10-20)28-30-18-6-12-24(32)22(14-18)26(35)36;;/h1-14,27-28H,(H,33,34)(H,35,36);;/q;2*+1/p-2. The van der Waals surface area contributed by atoms with E-state index in [9.17, 15) is 29.4 Å². The molecule has 2 aliphatic rings. The predicted molar refractivity (Wildman–Crippen MR) is 134 cm³/mol. The fourth-order valence-electron chi connectivity index (χ4n) is 3.08. The molecule has 2 aromatic rings. The first-order valence-electron chi connectivity index (χ1n) is 10.6. The molecule has 39 heavy (non-hydrogen) atoms. The van der Waals surface area contributed by atoms with E-state index in [-0.39, 0.29) is 70.5 Å². The van der Waals surface area contributed by atoms with Crippen LogP contribution in [-0.2, 0) is 19.2 Å². The predicted octanol–water partition coefficient (Wildman–Crippen LogP) is -4.99. The minimum Gasteiger partial charge on any atom is -0.545 e. The first-order chi connectivity index (χ1) is 17.8. The van der Waals surface area contributed by atoms with E-state index in [4.69, 9.17) is 0 Å². The summed E-state index contributed by atoms with van der Waals surface area (Å²) < 4.78 is 0. The van der Waals surface area contributed by atoms with Gasteiger partial charge < -0.3 is 19.8 Å². The first-order valence-corrected chi connectivity index (χ1v) is 11.5. The molecule has 0 aromatic heterocycles. The van der Waals surface area contributed by atoms with Crippen molar-refractivity contribution >= 4 is 58.1 Å². The van der Waals surface area contributed by atoms with Crippen LogP contribution in [0.3, 0.4) is 0 Å². The number of hydrogen-bond donors (Lipinski definition) is 2. The number of carboxylic acids is 2. The molecule has 0 bridgehead atoms. The van der Waals surface area contributed by atoms with Crippen molar-refractivity contribution in [2.75, 3.05) is 10.9 Å². The minimum absolute atomic E-state index is 0. The Morgan fingerprint density at radius 3 is 1.31 bits per heavy atom. The number of benzene rings is 2. The molecule has 10 nitrogen and oxygen atoms in total. The van der Waals surface area contributed by atoms with E-state index in [1.54, 1.807) is 24.3 Å². The van der Waals surface area contributed by atoms with Gasteiger partial charge in [0.25, 0.3) is 0 Å². The molecule has 0 unspecified atom stereocenters. The number of allylic oxidation sites excluding steroid dienone is 6. The number of rotatable bonds is 8. The van der Waals surface area contributed by atoms with Crippen LogP contribution in [0.15, 0.2) is 116 Å². The average Bonchev–Trinajstić information content (AvgIpc) is 2.89. The molecule has 0 atom stereocenters. The van der Waals surface area contributed by atoms with Crippen LogP contribution in [0.2, 0.25) is 0 Å². The van der Waals surface area contributed by atoms with Crippen LogP contribution in [0.4, 0.5) is 11.4 Å². The summed E-state index contributed by atoms with van der Waals surface area (Å²) in [7, 11) is 0. The first kappa shape index (κ1) is 32.2. The zero-order chi connectivity index (χ0) is 26.4. The number of nitrogens with one attached hydrogen (secondary N) is 2. The Balaban J connectivity index is 0.00000267. The van der Waals surface area contributed by atoms with Crippen LogP contribution in [0, 0.1) is 0 Å². The molecular formula is C26H16N4Na2O6S. The zero-order valence-electron chi connectivity index (χ0n) is 20.8. The van der Waals surface area contributed by atoms with Crippen molar-refractivity contribution in [1.82, 2.24) is 0 Å². The Kier molecular flexibility index (Phi) is 12.3. The van der Waals surface area contributed by atoms with Crippen LogP contribution in [0.5, 0.6) is 0 Å². The molecule has 0 radical (unpaired) electrons. The Morgan fingerprint density at radius 2 is 0.974 bits per heavy atom. The van der Waals surface area contributed by atoms with E-state index in [1.807, 2.05) is 24.3 Å². The number of ketones is 2. The maximum atomic E-state index is 11.5. The minimum atomic E-state index is -1.55. The molecule has 0 saturated heterocycles. The Hall–Kier alpha value is -3.03. The summed E-state index contributed by atoms with van der Waals surface area (Å²) in [6, 6.07) is 14.7. The largest absolute Gasteiger partial charge is 1.00 e.